The second-order valence-electron chi connectivity index (χ2n) is 11.5. The molecule has 4 nitrogen and oxygen atoms in total. The highest BCUT2D eigenvalue weighted by Gasteiger charge is 2.11. The summed E-state index contributed by atoms with van der Waals surface area (Å²) in [4.78, 5) is 12.6. The number of rotatable bonds is 25. The fourth-order valence-electron chi connectivity index (χ4n) is 5.03. The number of ether oxygens (including phenoxy) is 3. The predicted molar refractivity (Wildman–Crippen MR) is 172 cm³/mol. The third-order valence-electron chi connectivity index (χ3n) is 7.78. The van der Waals surface area contributed by atoms with Crippen molar-refractivity contribution in [2.45, 2.75) is 142 Å². The molecule has 0 saturated carbocycles. The Morgan fingerprint density at radius 1 is 0.561 bits per heavy atom. The normalized spacial score (nSPS) is 11.9. The van der Waals surface area contributed by atoms with Crippen molar-refractivity contribution in [1.82, 2.24) is 0 Å². The van der Waals surface area contributed by atoms with Crippen LogP contribution in [0.25, 0.3) is 0 Å². The van der Waals surface area contributed by atoms with Crippen molar-refractivity contribution >= 4 is 5.97 Å². The second kappa shape index (κ2) is 23.3. The van der Waals surface area contributed by atoms with Gasteiger partial charge in [-0.05, 0) is 61.7 Å². The van der Waals surface area contributed by atoms with Crippen LogP contribution < -0.4 is 9.47 Å². The first-order valence-corrected chi connectivity index (χ1v) is 16.8. The van der Waals surface area contributed by atoms with Crippen molar-refractivity contribution in [3.05, 3.63) is 59.7 Å². The molecule has 4 heteroatoms. The van der Waals surface area contributed by atoms with Crippen molar-refractivity contribution in [2.75, 3.05) is 13.2 Å². The van der Waals surface area contributed by atoms with Gasteiger partial charge < -0.3 is 14.2 Å². The molecule has 230 valence electrons. The van der Waals surface area contributed by atoms with Crippen LogP contribution in [0.2, 0.25) is 0 Å². The number of hydrogen-bond acceptors (Lipinski definition) is 4. The monoisotopic (exact) mass is 566 g/mol. The predicted octanol–water partition coefficient (Wildman–Crippen LogP) is 11.4. The lowest BCUT2D eigenvalue weighted by Crippen LogP contribution is -2.09. The molecule has 0 N–H and O–H groups in total. The van der Waals surface area contributed by atoms with Crippen molar-refractivity contribution in [1.29, 1.82) is 0 Å². The number of hydrogen-bond donors (Lipinski definition) is 0. The molecule has 0 aliphatic carbocycles. The topological polar surface area (TPSA) is 44.8 Å². The van der Waals surface area contributed by atoms with Crippen LogP contribution >= 0.6 is 0 Å². The van der Waals surface area contributed by atoms with Crippen molar-refractivity contribution in [3.8, 4) is 11.5 Å². The van der Waals surface area contributed by atoms with Crippen LogP contribution in [0.3, 0.4) is 0 Å². The zero-order valence-corrected chi connectivity index (χ0v) is 26.5. The Kier molecular flexibility index (Phi) is 19.8. The zero-order chi connectivity index (χ0) is 29.4. The van der Waals surface area contributed by atoms with Gasteiger partial charge in [0, 0.05) is 6.61 Å². The first kappa shape index (κ1) is 34.9. The fourth-order valence-corrected chi connectivity index (χ4v) is 5.03. The zero-order valence-electron chi connectivity index (χ0n) is 26.5. The Labute approximate surface area is 251 Å². The fraction of sp³-hybridized carbons (Fsp3) is 0.649. The molecule has 0 heterocycles. The van der Waals surface area contributed by atoms with E-state index in [-0.39, 0.29) is 12.1 Å². The molecule has 2 rings (SSSR count). The van der Waals surface area contributed by atoms with Gasteiger partial charge in [0.15, 0.2) is 0 Å². The van der Waals surface area contributed by atoms with E-state index >= 15 is 0 Å². The van der Waals surface area contributed by atoms with Crippen molar-refractivity contribution in [2.24, 2.45) is 0 Å². The van der Waals surface area contributed by atoms with Crippen LogP contribution in [0.5, 0.6) is 11.5 Å². The summed E-state index contributed by atoms with van der Waals surface area (Å²) in [6.45, 7) is 8.09. The molecule has 0 aliphatic rings. The molecule has 0 aliphatic heterocycles. The highest BCUT2D eigenvalue weighted by molar-refractivity contribution is 5.91. The van der Waals surface area contributed by atoms with Gasteiger partial charge in [-0.3, -0.25) is 0 Å². The van der Waals surface area contributed by atoms with E-state index in [9.17, 15) is 4.79 Å². The van der Waals surface area contributed by atoms with Gasteiger partial charge in [-0.25, -0.2) is 4.79 Å². The van der Waals surface area contributed by atoms with Crippen molar-refractivity contribution in [3.63, 3.8) is 0 Å². The third kappa shape index (κ3) is 16.6. The minimum absolute atomic E-state index is 0.0255. The summed E-state index contributed by atoms with van der Waals surface area (Å²) in [7, 11) is 0. The summed E-state index contributed by atoms with van der Waals surface area (Å²) in [5.74, 6) is 0.969. The summed E-state index contributed by atoms with van der Waals surface area (Å²) in [5, 5.41) is 0. The quantitative estimate of drug-likeness (QED) is 0.0681. The molecule has 1 unspecified atom stereocenters. The molecule has 41 heavy (non-hydrogen) atoms. The van der Waals surface area contributed by atoms with E-state index in [0.29, 0.717) is 17.9 Å². The molecule has 0 saturated heterocycles. The minimum Gasteiger partial charge on any atom is -0.494 e. The Morgan fingerprint density at radius 3 is 1.51 bits per heavy atom. The highest BCUT2D eigenvalue weighted by Crippen LogP contribution is 2.22. The minimum atomic E-state index is -0.363. The molecular formula is C37H58O4. The van der Waals surface area contributed by atoms with Gasteiger partial charge in [-0.15, -0.1) is 0 Å². The molecule has 0 amide bonds. The van der Waals surface area contributed by atoms with Crippen LogP contribution in [0.4, 0.5) is 0 Å². The molecule has 0 bridgehead atoms. The smallest absolute Gasteiger partial charge is 0.343 e. The van der Waals surface area contributed by atoms with E-state index in [0.717, 1.165) is 30.8 Å². The summed E-state index contributed by atoms with van der Waals surface area (Å²) < 4.78 is 17.5. The molecule has 0 radical (unpaired) electrons. The maximum absolute atomic E-state index is 12.6. The molecule has 1 atom stereocenters. The number of carbonyl (C=O) groups is 1. The molecule has 0 spiro atoms. The average molecular weight is 567 g/mol. The lowest BCUT2D eigenvalue weighted by Gasteiger charge is -2.14. The Morgan fingerprint density at radius 2 is 1.00 bits per heavy atom. The van der Waals surface area contributed by atoms with Gasteiger partial charge in [0.05, 0.1) is 18.3 Å². The molecular weight excluding hydrogens is 508 g/mol. The summed E-state index contributed by atoms with van der Waals surface area (Å²) in [6, 6.07) is 14.9. The average Bonchev–Trinajstić information content (AvgIpc) is 2.99. The lowest BCUT2D eigenvalue weighted by atomic mass is 10.1. The van der Waals surface area contributed by atoms with Gasteiger partial charge in [-0.2, -0.15) is 0 Å². The number of benzene rings is 2. The first-order valence-electron chi connectivity index (χ1n) is 16.8. The van der Waals surface area contributed by atoms with Gasteiger partial charge >= 0.3 is 5.97 Å². The molecule has 0 aromatic heterocycles. The Bertz CT molecular complexity index is 890. The summed E-state index contributed by atoms with van der Waals surface area (Å²) in [5.41, 5.74) is 1.61. The van der Waals surface area contributed by atoms with Gasteiger partial charge in [0.25, 0.3) is 0 Å². The largest absolute Gasteiger partial charge is 0.494 e. The maximum atomic E-state index is 12.6. The number of esters is 1. The lowest BCUT2D eigenvalue weighted by molar-refractivity contribution is 0.0627. The first-order chi connectivity index (χ1) is 20.1. The highest BCUT2D eigenvalue weighted by atomic mass is 16.5. The van der Waals surface area contributed by atoms with E-state index in [1.54, 1.807) is 12.1 Å². The number of unbranched alkanes of at least 4 members (excludes halogenated alkanes) is 16. The van der Waals surface area contributed by atoms with Crippen LogP contribution in [0.1, 0.15) is 158 Å². The van der Waals surface area contributed by atoms with E-state index in [4.69, 9.17) is 14.2 Å². The van der Waals surface area contributed by atoms with Gasteiger partial charge in [0.2, 0.25) is 0 Å². The van der Waals surface area contributed by atoms with E-state index in [1.807, 2.05) is 36.4 Å². The second-order valence-corrected chi connectivity index (χ2v) is 11.5. The van der Waals surface area contributed by atoms with E-state index in [1.165, 1.54) is 103 Å². The molecule has 2 aromatic rings. The van der Waals surface area contributed by atoms with Crippen molar-refractivity contribution < 1.29 is 19.0 Å². The molecule has 0 fully saturated rings. The van der Waals surface area contributed by atoms with Crippen LogP contribution in [0.15, 0.2) is 48.5 Å². The van der Waals surface area contributed by atoms with Crippen LogP contribution in [0, 0.1) is 0 Å². The third-order valence-corrected chi connectivity index (χ3v) is 7.78. The van der Waals surface area contributed by atoms with Crippen LogP contribution in [-0.4, -0.2) is 19.2 Å². The molecule has 2 aromatic carbocycles. The van der Waals surface area contributed by atoms with Gasteiger partial charge in [-0.1, -0.05) is 129 Å². The van der Waals surface area contributed by atoms with Crippen LogP contribution in [-0.2, 0) is 4.74 Å². The summed E-state index contributed by atoms with van der Waals surface area (Å²) in [6.07, 6.45) is 23.5. The van der Waals surface area contributed by atoms with E-state index < -0.39 is 0 Å². The SMILES string of the molecule is CCCCCCCCCCCCCOc1ccc(C(=O)Oc2ccc(C(C)OCCCCCCCCC)cc2)cc1. The summed E-state index contributed by atoms with van der Waals surface area (Å²) >= 11 is 0. The Balaban J connectivity index is 1.57. The Hall–Kier alpha value is -2.33. The number of carbonyl (C=O) groups excluding carboxylic acids is 1. The van der Waals surface area contributed by atoms with Gasteiger partial charge in [0.1, 0.15) is 11.5 Å². The van der Waals surface area contributed by atoms with E-state index in [2.05, 4.69) is 20.8 Å². The standard InChI is InChI=1S/C37H58O4/c1-4-6-8-10-12-13-14-15-17-19-21-31-40-35-26-24-34(25-27-35)37(38)41-36-28-22-33(23-29-36)32(3)39-30-20-18-16-11-9-7-5-2/h22-29,32H,4-21,30-31H2,1-3H3. The maximum Gasteiger partial charge on any atom is 0.343 e.